The fourth-order valence-electron chi connectivity index (χ4n) is 11.9. The average Bonchev–Trinajstić information content (AvgIpc) is 3.90. The Morgan fingerprint density at radius 2 is 0.870 bits per heavy atom. The zero-order valence-corrected chi connectivity index (χ0v) is 28.8. The Morgan fingerprint density at radius 1 is 0.426 bits per heavy atom. The smallest absolute Gasteiger partial charge is 0.145 e. The van der Waals surface area contributed by atoms with Crippen molar-refractivity contribution in [2.45, 2.75) is 23.7 Å². The van der Waals surface area contributed by atoms with E-state index in [1.807, 2.05) is 0 Å². The molecule has 0 amide bonds. The maximum Gasteiger partial charge on any atom is 0.145 e. The predicted molar refractivity (Wildman–Crippen MR) is 214 cm³/mol. The second-order valence-corrected chi connectivity index (χ2v) is 15.8. The summed E-state index contributed by atoms with van der Waals surface area (Å²) in [5.74, 6) is 0.393. The Hall–Kier alpha value is -6.78. The summed E-state index contributed by atoms with van der Waals surface area (Å²) < 4.78 is 9.47. The Morgan fingerprint density at radius 3 is 1.41 bits per heavy atom. The number of pyridine rings is 2. The molecule has 4 nitrogen and oxygen atoms in total. The first-order chi connectivity index (χ1) is 26.8. The fourth-order valence-corrected chi connectivity index (χ4v) is 11.9. The zero-order chi connectivity index (χ0) is 34.6. The summed E-state index contributed by atoms with van der Waals surface area (Å²) in [6.07, 6.45) is 4.32. The van der Waals surface area contributed by atoms with E-state index in [0.717, 1.165) is 27.6 Å². The van der Waals surface area contributed by atoms with E-state index in [9.17, 15) is 0 Å². The van der Waals surface area contributed by atoms with Crippen molar-refractivity contribution in [1.82, 2.24) is 14.4 Å². The Bertz CT molecular complexity index is 3450. The number of hydrogen-bond acceptors (Lipinski definition) is 3. The van der Waals surface area contributed by atoms with Crippen molar-refractivity contribution in [3.05, 3.63) is 207 Å². The van der Waals surface area contributed by atoms with Crippen molar-refractivity contribution in [3.63, 3.8) is 0 Å². The van der Waals surface area contributed by atoms with E-state index in [4.69, 9.17) is 14.4 Å². The highest BCUT2D eigenvalue weighted by Gasteiger charge is 2.46. The number of hydrogen-bond donors (Lipinski definition) is 0. The molecule has 0 fully saturated rings. The molecule has 0 saturated heterocycles. The van der Waals surface area contributed by atoms with Gasteiger partial charge in [0.05, 0.1) is 57.6 Å². The molecular weight excluding hydrogens is 659 g/mol. The van der Waals surface area contributed by atoms with Gasteiger partial charge in [-0.3, -0.25) is 9.97 Å². The van der Waals surface area contributed by atoms with Crippen LogP contribution in [0.1, 0.15) is 90.7 Å². The summed E-state index contributed by atoms with van der Waals surface area (Å²) >= 11 is 0. The number of fused-ring (bicyclic) bond motifs is 10. The summed E-state index contributed by atoms with van der Waals surface area (Å²) in [5, 5.41) is 7.36. The molecule has 0 unspecified atom stereocenters. The van der Waals surface area contributed by atoms with Crippen molar-refractivity contribution < 1.29 is 4.42 Å². The van der Waals surface area contributed by atoms with Gasteiger partial charge >= 0.3 is 0 Å². The van der Waals surface area contributed by atoms with Gasteiger partial charge in [0.25, 0.3) is 0 Å². The van der Waals surface area contributed by atoms with Crippen LogP contribution < -0.4 is 0 Å². The summed E-state index contributed by atoms with van der Waals surface area (Å²) in [4.78, 5) is 10.9. The van der Waals surface area contributed by atoms with Crippen LogP contribution in [-0.4, -0.2) is 14.4 Å². The summed E-state index contributed by atoms with van der Waals surface area (Å²) in [7, 11) is 0. The number of nitrogens with zero attached hydrogens (tertiary/aromatic N) is 3. The van der Waals surface area contributed by atoms with E-state index in [-0.39, 0.29) is 23.7 Å². The van der Waals surface area contributed by atoms with Gasteiger partial charge in [0, 0.05) is 38.8 Å². The minimum absolute atomic E-state index is 0.0834. The first-order valence-corrected chi connectivity index (χ1v) is 19.0. The van der Waals surface area contributed by atoms with Gasteiger partial charge in [-0.2, -0.15) is 0 Å². The number of benzene rings is 6. The second-order valence-electron chi connectivity index (χ2n) is 15.8. The Kier molecular flexibility index (Phi) is 4.42. The largest absolute Gasteiger partial charge is 0.455 e. The molecule has 54 heavy (non-hydrogen) atoms. The lowest BCUT2D eigenvalue weighted by Crippen LogP contribution is -2.28. The van der Waals surface area contributed by atoms with Crippen LogP contribution in [0.15, 0.2) is 144 Å². The van der Waals surface area contributed by atoms with E-state index < -0.39 is 0 Å². The highest BCUT2D eigenvalue weighted by molar-refractivity contribution is 6.34. The van der Waals surface area contributed by atoms with Crippen LogP contribution >= 0.6 is 0 Å². The van der Waals surface area contributed by atoms with Crippen LogP contribution in [-0.2, 0) is 0 Å². The van der Waals surface area contributed by atoms with Gasteiger partial charge in [-0.05, 0) is 67.8 Å². The summed E-state index contributed by atoms with van der Waals surface area (Å²) in [6, 6.07) is 47.2. The number of rotatable bonds is 0. The second kappa shape index (κ2) is 8.87. The molecule has 0 radical (unpaired) electrons. The number of para-hydroxylation sites is 1. The number of aromatic nitrogens is 3. The molecule has 5 heterocycles. The van der Waals surface area contributed by atoms with Crippen molar-refractivity contribution in [2.24, 2.45) is 0 Å². The maximum absolute atomic E-state index is 6.98. The quantitative estimate of drug-likeness (QED) is 0.160. The van der Waals surface area contributed by atoms with Crippen LogP contribution in [0.4, 0.5) is 0 Å². The molecule has 17 rings (SSSR count). The molecule has 0 N–H and O–H groups in total. The molecular formula is C50H27N3O. The molecule has 0 saturated carbocycles. The van der Waals surface area contributed by atoms with E-state index >= 15 is 0 Å². The van der Waals surface area contributed by atoms with Gasteiger partial charge in [0.2, 0.25) is 0 Å². The minimum Gasteiger partial charge on any atom is -0.455 e. The Labute approximate surface area is 308 Å². The highest BCUT2D eigenvalue weighted by Crippen LogP contribution is 2.61. The van der Waals surface area contributed by atoms with Gasteiger partial charge < -0.3 is 8.82 Å². The molecule has 0 aliphatic heterocycles. The van der Waals surface area contributed by atoms with Crippen molar-refractivity contribution in [1.29, 1.82) is 0 Å². The molecule has 6 aromatic carbocycles. The van der Waals surface area contributed by atoms with Gasteiger partial charge in [-0.1, -0.05) is 115 Å². The molecule has 6 aliphatic carbocycles. The van der Waals surface area contributed by atoms with Crippen molar-refractivity contribution in [3.8, 4) is 0 Å². The van der Waals surface area contributed by atoms with Crippen LogP contribution in [0.25, 0.3) is 60.0 Å². The van der Waals surface area contributed by atoms with Crippen LogP contribution in [0.3, 0.4) is 0 Å². The van der Waals surface area contributed by atoms with E-state index in [2.05, 4.69) is 144 Å². The predicted octanol–water partition coefficient (Wildman–Crippen LogP) is 11.5. The third-order valence-electron chi connectivity index (χ3n) is 13.7. The first-order valence-electron chi connectivity index (χ1n) is 19.0. The lowest BCUT2D eigenvalue weighted by molar-refractivity contribution is 0.673. The third-order valence-corrected chi connectivity index (χ3v) is 13.7. The molecule has 0 atom stereocenters. The van der Waals surface area contributed by atoms with E-state index in [1.54, 1.807) is 0 Å². The van der Waals surface area contributed by atoms with Crippen LogP contribution in [0, 0.1) is 0 Å². The average molecular weight is 686 g/mol. The lowest BCUT2D eigenvalue weighted by atomic mass is 9.62. The van der Waals surface area contributed by atoms with Gasteiger partial charge in [0.15, 0.2) is 0 Å². The molecule has 4 heteroatoms. The van der Waals surface area contributed by atoms with Crippen LogP contribution in [0.5, 0.6) is 0 Å². The maximum atomic E-state index is 6.98. The van der Waals surface area contributed by atoms with E-state index in [0.29, 0.717) is 0 Å². The van der Waals surface area contributed by atoms with Gasteiger partial charge in [0.1, 0.15) is 11.2 Å². The Balaban J connectivity index is 1.16. The minimum atomic E-state index is 0.0834. The summed E-state index contributed by atoms with van der Waals surface area (Å²) in [6.45, 7) is 0. The standard InChI is InChI=1S/C50H27N3O/c1-5-16-29-25(12-1)38-26-13-2-6-17-30(26)40(29)47-44(38)42-34-21-33-24-11-9-10-20-37(24)54-50(33)46-43-36(53(49(34)46)35(42)22-51-47)23-52-48-41-31-18-7-3-14-27(31)39(45(43)48)28-15-4-8-19-32(28)41/h1-23,38-41H. The SMILES string of the molecule is c1ccc2c(c1)C1c3ccccc3C2c2c1ncc1c2c2cc3c4ccccc4oc3c3c4c5c(ncc4n1c23)C1c2ccccc2C5c2ccccc21. The van der Waals surface area contributed by atoms with Gasteiger partial charge in [-0.25, -0.2) is 0 Å². The van der Waals surface area contributed by atoms with Crippen molar-refractivity contribution >= 4 is 60.0 Å². The number of furan rings is 1. The van der Waals surface area contributed by atoms with Crippen LogP contribution in [0.2, 0.25) is 0 Å². The van der Waals surface area contributed by atoms with Crippen molar-refractivity contribution in [2.75, 3.05) is 0 Å². The van der Waals surface area contributed by atoms with E-state index in [1.165, 1.54) is 99.5 Å². The normalized spacial score (nSPS) is 19.9. The first kappa shape index (κ1) is 26.9. The zero-order valence-electron chi connectivity index (χ0n) is 28.8. The topological polar surface area (TPSA) is 43.3 Å². The monoisotopic (exact) mass is 685 g/mol. The summed E-state index contributed by atoms with van der Waals surface area (Å²) in [5.41, 5.74) is 21.5. The molecule has 0 spiro atoms. The lowest BCUT2D eigenvalue weighted by Gasteiger charge is -2.41. The highest BCUT2D eigenvalue weighted by atomic mass is 16.3. The fraction of sp³-hybridized carbons (Fsp3) is 0.0800. The molecule has 4 bridgehead atoms. The molecule has 248 valence electrons. The molecule has 5 aromatic heterocycles. The third kappa shape index (κ3) is 2.78. The van der Waals surface area contributed by atoms with Gasteiger partial charge in [-0.15, -0.1) is 0 Å². The molecule has 6 aliphatic rings. The molecule has 11 aromatic rings.